The molecule has 1 aromatic heterocycles. The van der Waals surface area contributed by atoms with Gasteiger partial charge in [-0.05, 0) is 32.2 Å². The lowest BCUT2D eigenvalue weighted by Crippen LogP contribution is -2.11. The predicted octanol–water partition coefficient (Wildman–Crippen LogP) is 3.24. The molecule has 0 fully saturated rings. The zero-order chi connectivity index (χ0) is 11.4. The number of pyridine rings is 1. The molecule has 2 N–H and O–H groups in total. The predicted molar refractivity (Wildman–Crippen MR) is 68.3 cm³/mol. The normalized spacial score (nSPS) is 10.5. The van der Waals surface area contributed by atoms with Crippen LogP contribution in [0.3, 0.4) is 0 Å². The van der Waals surface area contributed by atoms with E-state index >= 15 is 0 Å². The van der Waals surface area contributed by atoms with Crippen LogP contribution in [0.15, 0.2) is 12.1 Å². The third-order valence-electron chi connectivity index (χ3n) is 1.70. The lowest BCUT2D eigenvalue weighted by Gasteiger charge is -2.10. The SMILES string of the molecule is CSC(=N)c1cc(Cl)nc(NC(C)C)c1. The van der Waals surface area contributed by atoms with Gasteiger partial charge in [-0.2, -0.15) is 0 Å². The Morgan fingerprint density at radius 2 is 2.20 bits per heavy atom. The Labute approximate surface area is 99.1 Å². The van der Waals surface area contributed by atoms with Crippen LogP contribution in [0.4, 0.5) is 5.82 Å². The fourth-order valence-electron chi connectivity index (χ4n) is 1.12. The number of nitrogens with zero attached hydrogens (tertiary/aromatic N) is 1. The molecule has 0 amide bonds. The van der Waals surface area contributed by atoms with Crippen LogP contribution < -0.4 is 5.32 Å². The molecule has 82 valence electrons. The smallest absolute Gasteiger partial charge is 0.132 e. The lowest BCUT2D eigenvalue weighted by molar-refractivity contribution is 0.889. The van der Waals surface area contributed by atoms with Crippen molar-refractivity contribution in [3.63, 3.8) is 0 Å². The van der Waals surface area contributed by atoms with Crippen molar-refractivity contribution in [2.24, 2.45) is 0 Å². The van der Waals surface area contributed by atoms with Crippen LogP contribution in [0.1, 0.15) is 19.4 Å². The Hall–Kier alpha value is -0.740. The van der Waals surface area contributed by atoms with Crippen molar-refractivity contribution in [1.82, 2.24) is 4.98 Å². The summed E-state index contributed by atoms with van der Waals surface area (Å²) in [5, 5.41) is 11.8. The Bertz CT molecular complexity index is 366. The second kappa shape index (κ2) is 5.37. The van der Waals surface area contributed by atoms with Gasteiger partial charge in [0.1, 0.15) is 11.0 Å². The molecule has 1 aromatic rings. The maximum absolute atomic E-state index is 7.70. The topological polar surface area (TPSA) is 48.8 Å². The van der Waals surface area contributed by atoms with Crippen molar-refractivity contribution >= 4 is 34.2 Å². The number of hydrogen-bond donors (Lipinski definition) is 2. The molecule has 0 unspecified atom stereocenters. The van der Waals surface area contributed by atoms with E-state index in [0.29, 0.717) is 22.1 Å². The molecule has 0 aliphatic rings. The number of aromatic nitrogens is 1. The molecule has 3 nitrogen and oxygen atoms in total. The number of anilines is 1. The number of rotatable bonds is 3. The monoisotopic (exact) mass is 243 g/mol. The number of halogens is 1. The van der Waals surface area contributed by atoms with Crippen molar-refractivity contribution < 1.29 is 0 Å². The summed E-state index contributed by atoms with van der Waals surface area (Å²) in [4.78, 5) is 4.14. The average Bonchev–Trinajstić information content (AvgIpc) is 2.14. The van der Waals surface area contributed by atoms with Gasteiger partial charge in [-0.25, -0.2) is 4.98 Å². The van der Waals surface area contributed by atoms with Gasteiger partial charge in [0.2, 0.25) is 0 Å². The molecule has 1 rings (SSSR count). The molecule has 0 aromatic carbocycles. The van der Waals surface area contributed by atoms with Crippen LogP contribution in [-0.4, -0.2) is 22.3 Å². The van der Waals surface area contributed by atoms with E-state index in [1.807, 2.05) is 26.2 Å². The van der Waals surface area contributed by atoms with Crippen LogP contribution in [-0.2, 0) is 0 Å². The molecule has 0 radical (unpaired) electrons. The molecule has 15 heavy (non-hydrogen) atoms. The number of thioether (sulfide) groups is 1. The van der Waals surface area contributed by atoms with Gasteiger partial charge in [-0.3, -0.25) is 5.41 Å². The van der Waals surface area contributed by atoms with Gasteiger partial charge < -0.3 is 5.32 Å². The van der Waals surface area contributed by atoms with Crippen LogP contribution in [0.25, 0.3) is 0 Å². The highest BCUT2D eigenvalue weighted by molar-refractivity contribution is 8.13. The van der Waals surface area contributed by atoms with Crippen molar-refractivity contribution in [3.05, 3.63) is 22.8 Å². The Kier molecular flexibility index (Phi) is 4.42. The number of hydrogen-bond acceptors (Lipinski definition) is 4. The van der Waals surface area contributed by atoms with E-state index in [1.165, 1.54) is 11.8 Å². The van der Waals surface area contributed by atoms with Crippen molar-refractivity contribution in [2.75, 3.05) is 11.6 Å². The summed E-state index contributed by atoms with van der Waals surface area (Å²) in [5.41, 5.74) is 0.797. The number of nitrogens with one attached hydrogen (secondary N) is 2. The minimum Gasteiger partial charge on any atom is -0.368 e. The van der Waals surface area contributed by atoms with E-state index in [-0.39, 0.29) is 0 Å². The van der Waals surface area contributed by atoms with E-state index in [2.05, 4.69) is 10.3 Å². The molecule has 0 aliphatic heterocycles. The van der Waals surface area contributed by atoms with Gasteiger partial charge in [-0.15, -0.1) is 11.8 Å². The van der Waals surface area contributed by atoms with Crippen LogP contribution in [0.5, 0.6) is 0 Å². The molecular formula is C10H14ClN3S. The lowest BCUT2D eigenvalue weighted by atomic mass is 10.2. The third kappa shape index (κ3) is 3.72. The highest BCUT2D eigenvalue weighted by atomic mass is 35.5. The van der Waals surface area contributed by atoms with Gasteiger partial charge in [0.25, 0.3) is 0 Å². The van der Waals surface area contributed by atoms with Crippen LogP contribution in [0.2, 0.25) is 5.15 Å². The summed E-state index contributed by atoms with van der Waals surface area (Å²) in [6, 6.07) is 3.84. The summed E-state index contributed by atoms with van der Waals surface area (Å²) in [5.74, 6) is 0.714. The molecule has 0 spiro atoms. The molecule has 5 heteroatoms. The Balaban J connectivity index is 2.99. The van der Waals surface area contributed by atoms with Crippen molar-refractivity contribution in [2.45, 2.75) is 19.9 Å². The highest BCUT2D eigenvalue weighted by Crippen LogP contribution is 2.18. The molecule has 0 bridgehead atoms. The zero-order valence-corrected chi connectivity index (χ0v) is 10.5. The first-order valence-corrected chi connectivity index (χ1v) is 6.20. The van der Waals surface area contributed by atoms with E-state index in [9.17, 15) is 0 Å². The first kappa shape index (κ1) is 12.3. The summed E-state index contributed by atoms with van der Waals surface area (Å²) >= 11 is 7.26. The van der Waals surface area contributed by atoms with Gasteiger partial charge in [0, 0.05) is 11.6 Å². The standard InChI is InChI=1S/C10H14ClN3S/c1-6(2)13-9-5-7(10(12)15-3)4-8(11)14-9/h4-6,12H,1-3H3,(H,13,14). The van der Waals surface area contributed by atoms with Crippen LogP contribution >= 0.6 is 23.4 Å². The Morgan fingerprint density at radius 1 is 1.53 bits per heavy atom. The molecule has 0 atom stereocenters. The van der Waals surface area contributed by atoms with Gasteiger partial charge >= 0.3 is 0 Å². The fourth-order valence-corrected chi connectivity index (χ4v) is 1.68. The second-order valence-corrected chi connectivity index (χ2v) is 4.60. The second-order valence-electron chi connectivity index (χ2n) is 3.40. The van der Waals surface area contributed by atoms with Gasteiger partial charge in [-0.1, -0.05) is 11.6 Å². The zero-order valence-electron chi connectivity index (χ0n) is 8.97. The minimum atomic E-state index is 0.298. The van der Waals surface area contributed by atoms with E-state index in [4.69, 9.17) is 17.0 Å². The fraction of sp³-hybridized carbons (Fsp3) is 0.400. The minimum absolute atomic E-state index is 0.298. The van der Waals surface area contributed by atoms with E-state index < -0.39 is 0 Å². The maximum Gasteiger partial charge on any atom is 0.132 e. The third-order valence-corrected chi connectivity index (χ3v) is 2.53. The largest absolute Gasteiger partial charge is 0.368 e. The van der Waals surface area contributed by atoms with Crippen molar-refractivity contribution in [3.8, 4) is 0 Å². The summed E-state index contributed by atoms with van der Waals surface area (Å²) in [7, 11) is 0. The van der Waals surface area contributed by atoms with Crippen molar-refractivity contribution in [1.29, 1.82) is 5.41 Å². The highest BCUT2D eigenvalue weighted by Gasteiger charge is 2.05. The summed E-state index contributed by atoms with van der Waals surface area (Å²) in [6.07, 6.45) is 1.87. The van der Waals surface area contributed by atoms with Gasteiger partial charge in [0.15, 0.2) is 0 Å². The summed E-state index contributed by atoms with van der Waals surface area (Å²) in [6.45, 7) is 4.06. The quantitative estimate of drug-likeness (QED) is 0.487. The first-order chi connectivity index (χ1) is 7.02. The molecule has 0 aliphatic carbocycles. The van der Waals surface area contributed by atoms with E-state index in [1.54, 1.807) is 6.07 Å². The molecule has 1 heterocycles. The molecule has 0 saturated heterocycles. The molecular weight excluding hydrogens is 230 g/mol. The average molecular weight is 244 g/mol. The van der Waals surface area contributed by atoms with E-state index in [0.717, 1.165) is 5.56 Å². The maximum atomic E-state index is 7.70. The first-order valence-electron chi connectivity index (χ1n) is 4.60. The Morgan fingerprint density at radius 3 is 2.73 bits per heavy atom. The summed E-state index contributed by atoms with van der Waals surface area (Å²) < 4.78 is 0. The van der Waals surface area contributed by atoms with Crippen LogP contribution in [0, 0.1) is 5.41 Å². The van der Waals surface area contributed by atoms with Gasteiger partial charge in [0.05, 0.1) is 5.04 Å². The molecule has 0 saturated carbocycles.